The number of carbonyl (C=O) groups is 1. The van der Waals surface area contributed by atoms with Crippen LogP contribution >= 0.6 is 0 Å². The van der Waals surface area contributed by atoms with Crippen molar-refractivity contribution < 1.29 is 4.79 Å². The summed E-state index contributed by atoms with van der Waals surface area (Å²) < 4.78 is 0. The molecule has 0 aliphatic carbocycles. The number of Topliss-reactive ketones (excluding diaryl/α,β-unsaturated/α-hetero) is 1. The van der Waals surface area contributed by atoms with Gasteiger partial charge in [-0.1, -0.05) is 18.2 Å². The molecule has 0 aromatic heterocycles. The van der Waals surface area contributed by atoms with Crippen molar-refractivity contribution in [3.8, 4) is 0 Å². The molecule has 0 aliphatic rings. The van der Waals surface area contributed by atoms with E-state index in [0.29, 0.717) is 6.04 Å². The van der Waals surface area contributed by atoms with E-state index in [0.717, 1.165) is 17.8 Å². The highest BCUT2D eigenvalue weighted by molar-refractivity contribution is 5.99. The van der Waals surface area contributed by atoms with Crippen LogP contribution in [0.4, 0.5) is 5.69 Å². The van der Waals surface area contributed by atoms with E-state index in [1.54, 1.807) is 6.92 Å². The van der Waals surface area contributed by atoms with Crippen LogP contribution in [-0.2, 0) is 0 Å². The Balaban J connectivity index is 3.17. The third kappa shape index (κ3) is 2.72. The van der Waals surface area contributed by atoms with E-state index in [9.17, 15) is 4.79 Å². The first-order chi connectivity index (χ1) is 7.57. The third-order valence-corrected chi connectivity index (χ3v) is 2.54. The Kier molecular flexibility index (Phi) is 4.29. The molecule has 2 nitrogen and oxygen atoms in total. The van der Waals surface area contributed by atoms with Crippen LogP contribution in [0, 0.1) is 0 Å². The monoisotopic (exact) mass is 217 g/mol. The number of rotatable bonds is 5. The van der Waals surface area contributed by atoms with Gasteiger partial charge >= 0.3 is 0 Å². The van der Waals surface area contributed by atoms with Crippen molar-refractivity contribution >= 4 is 11.5 Å². The van der Waals surface area contributed by atoms with Crippen molar-refractivity contribution in [1.82, 2.24) is 0 Å². The van der Waals surface area contributed by atoms with Crippen molar-refractivity contribution in [2.45, 2.75) is 26.8 Å². The molecule has 0 radical (unpaired) electrons. The SMILES string of the molecule is C=CCN(c1ccccc1C(C)=O)C(C)C. The average molecular weight is 217 g/mol. The molecule has 0 amide bonds. The molecule has 1 aromatic rings. The van der Waals surface area contributed by atoms with Gasteiger partial charge in [0.2, 0.25) is 0 Å². The van der Waals surface area contributed by atoms with Crippen molar-refractivity contribution in [2.24, 2.45) is 0 Å². The fourth-order valence-electron chi connectivity index (χ4n) is 1.75. The Bertz CT molecular complexity index is 382. The summed E-state index contributed by atoms with van der Waals surface area (Å²) in [4.78, 5) is 13.7. The quantitative estimate of drug-likeness (QED) is 0.557. The molecule has 1 rings (SSSR count). The summed E-state index contributed by atoms with van der Waals surface area (Å²) in [5.41, 5.74) is 1.77. The molecular weight excluding hydrogens is 198 g/mol. The van der Waals surface area contributed by atoms with Gasteiger partial charge in [0.15, 0.2) is 5.78 Å². The predicted octanol–water partition coefficient (Wildman–Crippen LogP) is 3.29. The van der Waals surface area contributed by atoms with E-state index in [1.165, 1.54) is 0 Å². The zero-order valence-corrected chi connectivity index (χ0v) is 10.2. The fourth-order valence-corrected chi connectivity index (χ4v) is 1.75. The molecule has 0 fully saturated rings. The van der Waals surface area contributed by atoms with Crippen LogP contribution in [0.1, 0.15) is 31.1 Å². The standard InChI is InChI=1S/C14H19NO/c1-5-10-15(11(2)3)14-9-7-6-8-13(14)12(4)16/h5-9,11H,1,10H2,2-4H3. The molecule has 16 heavy (non-hydrogen) atoms. The summed E-state index contributed by atoms with van der Waals surface area (Å²) in [6.07, 6.45) is 1.86. The molecule has 2 heteroatoms. The zero-order chi connectivity index (χ0) is 12.1. The Labute approximate surface area is 97.6 Å². The lowest BCUT2D eigenvalue weighted by Gasteiger charge is -2.29. The van der Waals surface area contributed by atoms with Gasteiger partial charge in [0.25, 0.3) is 0 Å². The summed E-state index contributed by atoms with van der Waals surface area (Å²) in [5.74, 6) is 0.102. The predicted molar refractivity (Wildman–Crippen MR) is 69.1 cm³/mol. The van der Waals surface area contributed by atoms with Crippen LogP contribution in [0.5, 0.6) is 0 Å². The second-order valence-electron chi connectivity index (χ2n) is 4.11. The largest absolute Gasteiger partial charge is 0.365 e. The van der Waals surface area contributed by atoms with Crippen molar-refractivity contribution in [3.63, 3.8) is 0 Å². The Hall–Kier alpha value is -1.57. The highest BCUT2D eigenvalue weighted by atomic mass is 16.1. The van der Waals surface area contributed by atoms with Crippen LogP contribution in [-0.4, -0.2) is 18.4 Å². The lowest BCUT2D eigenvalue weighted by molar-refractivity contribution is 0.101. The van der Waals surface area contributed by atoms with Gasteiger partial charge in [0, 0.05) is 23.8 Å². The Morgan fingerprint density at radius 2 is 2.06 bits per heavy atom. The highest BCUT2D eigenvalue weighted by Crippen LogP contribution is 2.22. The fraction of sp³-hybridized carbons (Fsp3) is 0.357. The molecule has 0 N–H and O–H groups in total. The Morgan fingerprint density at radius 1 is 1.44 bits per heavy atom. The minimum Gasteiger partial charge on any atom is -0.365 e. The number of ketones is 1. The molecule has 0 spiro atoms. The molecule has 0 saturated carbocycles. The van der Waals surface area contributed by atoms with E-state index >= 15 is 0 Å². The zero-order valence-electron chi connectivity index (χ0n) is 10.2. The summed E-state index contributed by atoms with van der Waals surface area (Å²) in [7, 11) is 0. The van der Waals surface area contributed by atoms with E-state index in [2.05, 4.69) is 25.3 Å². The first-order valence-electron chi connectivity index (χ1n) is 5.55. The normalized spacial score (nSPS) is 10.2. The number of hydrogen-bond donors (Lipinski definition) is 0. The highest BCUT2D eigenvalue weighted by Gasteiger charge is 2.14. The van der Waals surface area contributed by atoms with E-state index in [1.807, 2.05) is 30.3 Å². The van der Waals surface area contributed by atoms with Crippen molar-refractivity contribution in [2.75, 3.05) is 11.4 Å². The summed E-state index contributed by atoms with van der Waals surface area (Å²) >= 11 is 0. The van der Waals surface area contributed by atoms with Gasteiger partial charge in [0.1, 0.15) is 0 Å². The first-order valence-corrected chi connectivity index (χ1v) is 5.55. The maximum Gasteiger partial charge on any atom is 0.161 e. The molecule has 0 unspecified atom stereocenters. The molecule has 0 bridgehead atoms. The Morgan fingerprint density at radius 3 is 2.56 bits per heavy atom. The van der Waals surface area contributed by atoms with Gasteiger partial charge in [-0.25, -0.2) is 0 Å². The van der Waals surface area contributed by atoms with Gasteiger partial charge in [-0.05, 0) is 32.9 Å². The maximum atomic E-state index is 11.5. The number of benzene rings is 1. The van der Waals surface area contributed by atoms with Gasteiger partial charge in [-0.15, -0.1) is 6.58 Å². The van der Waals surface area contributed by atoms with Crippen LogP contribution in [0.3, 0.4) is 0 Å². The summed E-state index contributed by atoms with van der Waals surface area (Å²) in [5, 5.41) is 0. The van der Waals surface area contributed by atoms with Crippen LogP contribution in [0.2, 0.25) is 0 Å². The number of hydrogen-bond acceptors (Lipinski definition) is 2. The number of carbonyl (C=O) groups excluding carboxylic acids is 1. The molecule has 0 heterocycles. The molecule has 1 aromatic carbocycles. The minimum atomic E-state index is 0.102. The van der Waals surface area contributed by atoms with E-state index in [-0.39, 0.29) is 5.78 Å². The second-order valence-corrected chi connectivity index (χ2v) is 4.11. The molecule has 0 aliphatic heterocycles. The molecular formula is C14H19NO. The number of para-hydroxylation sites is 1. The topological polar surface area (TPSA) is 20.3 Å². The van der Waals surface area contributed by atoms with Crippen molar-refractivity contribution in [1.29, 1.82) is 0 Å². The lowest BCUT2D eigenvalue weighted by Crippen LogP contribution is -2.31. The second kappa shape index (κ2) is 5.50. The van der Waals surface area contributed by atoms with Crippen LogP contribution in [0.15, 0.2) is 36.9 Å². The minimum absolute atomic E-state index is 0.102. The smallest absolute Gasteiger partial charge is 0.161 e. The van der Waals surface area contributed by atoms with Crippen molar-refractivity contribution in [3.05, 3.63) is 42.5 Å². The summed E-state index contributed by atoms with van der Waals surface area (Å²) in [6, 6.07) is 8.06. The first kappa shape index (κ1) is 12.5. The average Bonchev–Trinajstić information content (AvgIpc) is 2.25. The van der Waals surface area contributed by atoms with Gasteiger partial charge in [0.05, 0.1) is 0 Å². The van der Waals surface area contributed by atoms with E-state index in [4.69, 9.17) is 0 Å². The van der Waals surface area contributed by atoms with Gasteiger partial charge < -0.3 is 4.90 Å². The third-order valence-electron chi connectivity index (χ3n) is 2.54. The van der Waals surface area contributed by atoms with Crippen LogP contribution in [0.25, 0.3) is 0 Å². The van der Waals surface area contributed by atoms with Crippen LogP contribution < -0.4 is 4.90 Å². The maximum absolute atomic E-state index is 11.5. The number of nitrogens with zero attached hydrogens (tertiary/aromatic N) is 1. The molecule has 86 valence electrons. The van der Waals surface area contributed by atoms with Gasteiger partial charge in [-0.3, -0.25) is 4.79 Å². The van der Waals surface area contributed by atoms with Gasteiger partial charge in [-0.2, -0.15) is 0 Å². The van der Waals surface area contributed by atoms with E-state index < -0.39 is 0 Å². The molecule has 0 saturated heterocycles. The lowest BCUT2D eigenvalue weighted by atomic mass is 10.1. The molecule has 0 atom stereocenters. The number of anilines is 1. The summed E-state index contributed by atoms with van der Waals surface area (Å²) in [6.45, 7) is 10.3.